The molecule has 2 rings (SSSR count). The molecule has 0 atom stereocenters. The van der Waals surface area contributed by atoms with Gasteiger partial charge in [0.2, 0.25) is 0 Å². The van der Waals surface area contributed by atoms with E-state index in [1.165, 1.54) is 11.8 Å². The van der Waals surface area contributed by atoms with Crippen molar-refractivity contribution in [3.63, 3.8) is 0 Å². The molecule has 0 aliphatic heterocycles. The smallest absolute Gasteiger partial charge is 0.339 e. The number of pyridine rings is 1. The second-order valence-corrected chi connectivity index (χ2v) is 4.68. The summed E-state index contributed by atoms with van der Waals surface area (Å²) in [5.74, 6) is 1.24. The monoisotopic (exact) mass is 300 g/mol. The number of esters is 1. The zero-order chi connectivity index (χ0) is 15.8. The summed E-state index contributed by atoms with van der Waals surface area (Å²) < 4.78 is 10.0. The predicted molar refractivity (Wildman–Crippen MR) is 85.4 cm³/mol. The van der Waals surface area contributed by atoms with Crippen LogP contribution < -0.4 is 10.1 Å². The van der Waals surface area contributed by atoms with E-state index in [4.69, 9.17) is 9.47 Å². The molecule has 1 aromatic heterocycles. The number of benzene rings is 1. The average molecular weight is 300 g/mol. The molecular formula is C17H20N2O3. The lowest BCUT2D eigenvalue weighted by molar-refractivity contribution is 0.0526. The fourth-order valence-corrected chi connectivity index (χ4v) is 1.96. The molecule has 5 nitrogen and oxygen atoms in total. The zero-order valence-electron chi connectivity index (χ0n) is 12.8. The van der Waals surface area contributed by atoms with Gasteiger partial charge in [-0.1, -0.05) is 12.1 Å². The standard InChI is InChI=1S/C17H20N2O3/c1-3-22-17(20)14-6-9-16(19-12-14)18-11-10-13-4-7-15(21-2)8-5-13/h4-9,12H,3,10-11H2,1-2H3,(H,18,19). The molecule has 0 radical (unpaired) electrons. The fraction of sp³-hybridized carbons (Fsp3) is 0.294. The summed E-state index contributed by atoms with van der Waals surface area (Å²) in [7, 11) is 1.65. The van der Waals surface area contributed by atoms with E-state index in [9.17, 15) is 4.79 Å². The minimum Gasteiger partial charge on any atom is -0.497 e. The van der Waals surface area contributed by atoms with Gasteiger partial charge in [0.1, 0.15) is 11.6 Å². The first-order valence-electron chi connectivity index (χ1n) is 7.23. The van der Waals surface area contributed by atoms with Gasteiger partial charge in [0.05, 0.1) is 19.3 Å². The number of aromatic nitrogens is 1. The van der Waals surface area contributed by atoms with Gasteiger partial charge in [-0.2, -0.15) is 0 Å². The van der Waals surface area contributed by atoms with E-state index in [1.54, 1.807) is 26.2 Å². The van der Waals surface area contributed by atoms with Crippen LogP contribution in [-0.4, -0.2) is 31.2 Å². The van der Waals surface area contributed by atoms with Crippen molar-refractivity contribution < 1.29 is 14.3 Å². The van der Waals surface area contributed by atoms with Crippen LogP contribution in [0.3, 0.4) is 0 Å². The Morgan fingerprint density at radius 3 is 2.55 bits per heavy atom. The molecule has 5 heteroatoms. The van der Waals surface area contributed by atoms with Gasteiger partial charge >= 0.3 is 5.97 Å². The molecule has 2 aromatic rings. The van der Waals surface area contributed by atoms with Crippen LogP contribution in [0.4, 0.5) is 5.82 Å². The first-order chi connectivity index (χ1) is 10.7. The molecule has 0 saturated carbocycles. The van der Waals surface area contributed by atoms with Crippen molar-refractivity contribution in [3.05, 3.63) is 53.7 Å². The van der Waals surface area contributed by atoms with Gasteiger partial charge in [-0.25, -0.2) is 9.78 Å². The van der Waals surface area contributed by atoms with Crippen LogP contribution in [0.15, 0.2) is 42.6 Å². The molecule has 1 heterocycles. The number of anilines is 1. The second kappa shape index (κ2) is 8.02. The van der Waals surface area contributed by atoms with Crippen LogP contribution >= 0.6 is 0 Å². The summed E-state index contributed by atoms with van der Waals surface area (Å²) in [6.07, 6.45) is 2.40. The van der Waals surface area contributed by atoms with Crippen molar-refractivity contribution >= 4 is 11.8 Å². The molecule has 1 N–H and O–H groups in total. The molecule has 0 aliphatic carbocycles. The summed E-state index contributed by atoms with van der Waals surface area (Å²) >= 11 is 0. The molecule has 1 aromatic carbocycles. The highest BCUT2D eigenvalue weighted by atomic mass is 16.5. The molecule has 0 unspecified atom stereocenters. The van der Waals surface area contributed by atoms with Crippen LogP contribution in [-0.2, 0) is 11.2 Å². The molecular weight excluding hydrogens is 280 g/mol. The number of rotatable bonds is 7. The number of methoxy groups -OCH3 is 1. The predicted octanol–water partition coefficient (Wildman–Crippen LogP) is 2.92. The third-order valence-electron chi connectivity index (χ3n) is 3.15. The maximum absolute atomic E-state index is 11.5. The van der Waals surface area contributed by atoms with Crippen molar-refractivity contribution in [2.24, 2.45) is 0 Å². The van der Waals surface area contributed by atoms with Gasteiger partial charge in [0.25, 0.3) is 0 Å². The van der Waals surface area contributed by atoms with E-state index >= 15 is 0 Å². The highest BCUT2D eigenvalue weighted by Crippen LogP contribution is 2.12. The molecule has 0 spiro atoms. The van der Waals surface area contributed by atoms with E-state index in [0.29, 0.717) is 12.2 Å². The van der Waals surface area contributed by atoms with E-state index in [2.05, 4.69) is 10.3 Å². The lowest BCUT2D eigenvalue weighted by Crippen LogP contribution is -2.08. The Hall–Kier alpha value is -2.56. The second-order valence-electron chi connectivity index (χ2n) is 4.68. The van der Waals surface area contributed by atoms with Crippen molar-refractivity contribution in [1.82, 2.24) is 4.98 Å². The van der Waals surface area contributed by atoms with Crippen LogP contribution in [0.25, 0.3) is 0 Å². The van der Waals surface area contributed by atoms with Gasteiger partial charge in [-0.3, -0.25) is 0 Å². The van der Waals surface area contributed by atoms with Gasteiger partial charge in [-0.15, -0.1) is 0 Å². The number of hydrogen-bond acceptors (Lipinski definition) is 5. The molecule has 116 valence electrons. The fourth-order valence-electron chi connectivity index (χ4n) is 1.96. The van der Waals surface area contributed by atoms with E-state index < -0.39 is 0 Å². The minimum absolute atomic E-state index is 0.347. The van der Waals surface area contributed by atoms with E-state index in [1.807, 2.05) is 24.3 Å². The third kappa shape index (κ3) is 4.48. The maximum Gasteiger partial charge on any atom is 0.339 e. The van der Waals surface area contributed by atoms with Crippen LogP contribution in [0.1, 0.15) is 22.8 Å². The van der Waals surface area contributed by atoms with Gasteiger partial charge in [0.15, 0.2) is 0 Å². The molecule has 0 bridgehead atoms. The summed E-state index contributed by atoms with van der Waals surface area (Å²) in [5, 5.41) is 3.23. The largest absolute Gasteiger partial charge is 0.497 e. The normalized spacial score (nSPS) is 10.1. The third-order valence-corrected chi connectivity index (χ3v) is 3.15. The topological polar surface area (TPSA) is 60.5 Å². The van der Waals surface area contributed by atoms with Crippen molar-refractivity contribution in [3.8, 4) is 5.75 Å². The van der Waals surface area contributed by atoms with Crippen molar-refractivity contribution in [1.29, 1.82) is 0 Å². The lowest BCUT2D eigenvalue weighted by atomic mass is 10.1. The quantitative estimate of drug-likeness (QED) is 0.797. The zero-order valence-corrected chi connectivity index (χ0v) is 12.8. The highest BCUT2D eigenvalue weighted by Gasteiger charge is 2.06. The SMILES string of the molecule is CCOC(=O)c1ccc(NCCc2ccc(OC)cc2)nc1. The summed E-state index contributed by atoms with van der Waals surface area (Å²) in [5.41, 5.74) is 1.68. The Labute approximate surface area is 130 Å². The van der Waals surface area contributed by atoms with Gasteiger partial charge < -0.3 is 14.8 Å². The molecule has 0 fully saturated rings. The molecule has 22 heavy (non-hydrogen) atoms. The van der Waals surface area contributed by atoms with Crippen molar-refractivity contribution in [2.75, 3.05) is 25.6 Å². The minimum atomic E-state index is -0.347. The van der Waals surface area contributed by atoms with Crippen LogP contribution in [0.2, 0.25) is 0 Å². The van der Waals surface area contributed by atoms with E-state index in [0.717, 1.165) is 24.5 Å². The number of nitrogens with one attached hydrogen (secondary N) is 1. The molecule has 0 saturated heterocycles. The Kier molecular flexibility index (Phi) is 5.77. The highest BCUT2D eigenvalue weighted by molar-refractivity contribution is 5.89. The maximum atomic E-state index is 11.5. The number of hydrogen-bond donors (Lipinski definition) is 1. The van der Waals surface area contributed by atoms with Crippen LogP contribution in [0.5, 0.6) is 5.75 Å². The summed E-state index contributed by atoms with van der Waals surface area (Å²) in [6, 6.07) is 11.5. The van der Waals surface area contributed by atoms with Crippen molar-refractivity contribution in [2.45, 2.75) is 13.3 Å². The number of carbonyl (C=O) groups excluding carboxylic acids is 1. The van der Waals surface area contributed by atoms with Crippen LogP contribution in [0, 0.1) is 0 Å². The Balaban J connectivity index is 1.82. The Morgan fingerprint density at radius 2 is 1.95 bits per heavy atom. The summed E-state index contributed by atoms with van der Waals surface area (Å²) in [4.78, 5) is 15.7. The first kappa shape index (κ1) is 15.8. The number of carbonyl (C=O) groups is 1. The Morgan fingerprint density at radius 1 is 1.18 bits per heavy atom. The first-order valence-corrected chi connectivity index (χ1v) is 7.23. The molecule has 0 amide bonds. The number of ether oxygens (including phenoxy) is 2. The Bertz CT molecular complexity index is 594. The molecule has 0 aliphatic rings. The number of nitrogens with zero attached hydrogens (tertiary/aromatic N) is 1. The summed E-state index contributed by atoms with van der Waals surface area (Å²) in [6.45, 7) is 2.90. The van der Waals surface area contributed by atoms with E-state index in [-0.39, 0.29) is 5.97 Å². The van der Waals surface area contributed by atoms with Gasteiger partial charge in [0, 0.05) is 12.7 Å². The average Bonchev–Trinajstić information content (AvgIpc) is 2.56. The van der Waals surface area contributed by atoms with Gasteiger partial charge in [-0.05, 0) is 43.2 Å². The lowest BCUT2D eigenvalue weighted by Gasteiger charge is -2.07.